The van der Waals surface area contributed by atoms with Crippen molar-refractivity contribution in [3.8, 4) is 11.1 Å². The van der Waals surface area contributed by atoms with Gasteiger partial charge in [0.25, 0.3) is 0 Å². The molecule has 0 radical (unpaired) electrons. The van der Waals surface area contributed by atoms with E-state index in [0.29, 0.717) is 44.2 Å². The Hall–Kier alpha value is -4.43. The third-order valence-corrected chi connectivity index (χ3v) is 7.52. The van der Waals surface area contributed by atoms with Gasteiger partial charge in [-0.2, -0.15) is 0 Å². The van der Waals surface area contributed by atoms with E-state index in [2.05, 4.69) is 27.9 Å². The zero-order chi connectivity index (χ0) is 27.1. The van der Waals surface area contributed by atoms with Crippen LogP contribution in [0.15, 0.2) is 65.2 Å². The minimum absolute atomic E-state index is 0.0708. The Labute approximate surface area is 225 Å². The van der Waals surface area contributed by atoms with Gasteiger partial charge in [0.2, 0.25) is 11.8 Å². The first-order valence-corrected chi connectivity index (χ1v) is 13.1. The highest BCUT2D eigenvalue weighted by molar-refractivity contribution is 6.19. The fraction of sp³-hybridized carbons (Fsp3) is 0.258. The van der Waals surface area contributed by atoms with E-state index in [0.717, 1.165) is 49.8 Å². The predicted molar refractivity (Wildman–Crippen MR) is 150 cm³/mol. The number of primary amides is 1. The third kappa shape index (κ3) is 4.57. The summed E-state index contributed by atoms with van der Waals surface area (Å²) < 4.78 is 13.0. The van der Waals surface area contributed by atoms with Crippen LogP contribution in [0.4, 0.5) is 0 Å². The van der Waals surface area contributed by atoms with Crippen molar-refractivity contribution in [1.29, 1.82) is 0 Å². The number of ether oxygens (including phenoxy) is 1. The largest absolute Gasteiger partial charge is 0.378 e. The first kappa shape index (κ1) is 24.9. The van der Waals surface area contributed by atoms with Gasteiger partial charge in [-0.15, -0.1) is 0 Å². The van der Waals surface area contributed by atoms with Gasteiger partial charge in [-0.25, -0.2) is 0 Å². The van der Waals surface area contributed by atoms with Crippen molar-refractivity contribution in [2.45, 2.75) is 26.8 Å². The zero-order valence-corrected chi connectivity index (χ0v) is 22.1. The minimum Gasteiger partial charge on any atom is -0.378 e. The molecule has 6 rings (SSSR count). The molecule has 2 aromatic heterocycles. The van der Waals surface area contributed by atoms with Crippen molar-refractivity contribution >= 4 is 33.6 Å². The van der Waals surface area contributed by atoms with Crippen LogP contribution in [0.3, 0.4) is 0 Å². The Kier molecular flexibility index (Phi) is 6.40. The second kappa shape index (κ2) is 10.0. The van der Waals surface area contributed by atoms with Gasteiger partial charge < -0.3 is 24.5 Å². The minimum atomic E-state index is -0.512. The van der Waals surface area contributed by atoms with Crippen LogP contribution in [0.1, 0.15) is 32.9 Å². The standard InChI is InChI=1S/C31H30N4O4/c1-19-29(20(2)39-33-19)23-16-25(31(32)37)30-24-14-22(15-28(36)34-10-12-38-13-11-34)8-9-26(24)35(27(30)17-23)18-21-6-4-3-5-7-21/h3-9,14,16-17H,10-13,15,18H2,1-2H3,(H2,32,37). The number of aromatic nitrogens is 2. The molecule has 3 aromatic carbocycles. The number of nitrogens with zero attached hydrogens (tertiary/aromatic N) is 3. The lowest BCUT2D eigenvalue weighted by Gasteiger charge is -2.26. The summed E-state index contributed by atoms with van der Waals surface area (Å²) >= 11 is 0. The van der Waals surface area contributed by atoms with E-state index in [4.69, 9.17) is 15.0 Å². The molecule has 1 aliphatic rings. The number of nitrogens with two attached hydrogens (primary N) is 1. The molecule has 0 spiro atoms. The summed E-state index contributed by atoms with van der Waals surface area (Å²) in [4.78, 5) is 27.7. The van der Waals surface area contributed by atoms with Crippen LogP contribution in [0.25, 0.3) is 32.9 Å². The van der Waals surface area contributed by atoms with Gasteiger partial charge in [0.1, 0.15) is 5.76 Å². The lowest BCUT2D eigenvalue weighted by atomic mass is 9.96. The molecule has 8 nitrogen and oxygen atoms in total. The molecule has 0 aliphatic carbocycles. The number of aryl methyl sites for hydroxylation is 2. The van der Waals surface area contributed by atoms with Crippen molar-refractivity contribution in [2.24, 2.45) is 5.73 Å². The predicted octanol–water partition coefficient (Wildman–Crippen LogP) is 4.61. The highest BCUT2D eigenvalue weighted by atomic mass is 16.5. The van der Waals surface area contributed by atoms with Crippen molar-refractivity contribution in [1.82, 2.24) is 14.6 Å². The Morgan fingerprint density at radius 1 is 0.949 bits per heavy atom. The maximum Gasteiger partial charge on any atom is 0.249 e. The topological polar surface area (TPSA) is 104 Å². The van der Waals surface area contributed by atoms with Crippen LogP contribution in [-0.4, -0.2) is 52.7 Å². The van der Waals surface area contributed by atoms with Gasteiger partial charge in [0.05, 0.1) is 30.8 Å². The van der Waals surface area contributed by atoms with Crippen LogP contribution < -0.4 is 5.73 Å². The highest BCUT2D eigenvalue weighted by Crippen LogP contribution is 2.38. The number of benzene rings is 3. The van der Waals surface area contributed by atoms with E-state index in [9.17, 15) is 9.59 Å². The van der Waals surface area contributed by atoms with Gasteiger partial charge in [0.15, 0.2) is 0 Å². The second-order valence-electron chi connectivity index (χ2n) is 10.1. The SMILES string of the molecule is Cc1noc(C)c1-c1cc(C(N)=O)c2c3cc(CC(=O)N4CCOCC4)ccc3n(Cc3ccccc3)c2c1. The number of carbonyl (C=O) groups excluding carboxylic acids is 2. The molecule has 1 saturated heterocycles. The maximum atomic E-state index is 13.0. The van der Waals surface area contributed by atoms with E-state index in [1.807, 2.05) is 61.2 Å². The summed E-state index contributed by atoms with van der Waals surface area (Å²) in [7, 11) is 0. The van der Waals surface area contributed by atoms with E-state index < -0.39 is 5.91 Å². The molecule has 198 valence electrons. The number of morpholine rings is 1. The number of rotatable bonds is 6. The second-order valence-corrected chi connectivity index (χ2v) is 10.1. The van der Waals surface area contributed by atoms with E-state index in [-0.39, 0.29) is 12.3 Å². The van der Waals surface area contributed by atoms with Crippen LogP contribution >= 0.6 is 0 Å². The average Bonchev–Trinajstić information content (AvgIpc) is 3.44. The smallest absolute Gasteiger partial charge is 0.249 e. The molecule has 3 heterocycles. The Bertz CT molecular complexity index is 1690. The molecular weight excluding hydrogens is 492 g/mol. The number of amides is 2. The van der Waals surface area contributed by atoms with Crippen LogP contribution in [0.2, 0.25) is 0 Å². The van der Waals surface area contributed by atoms with Crippen molar-refractivity contribution in [3.63, 3.8) is 0 Å². The van der Waals surface area contributed by atoms with E-state index in [1.54, 1.807) is 0 Å². The quantitative estimate of drug-likeness (QED) is 0.351. The van der Waals surface area contributed by atoms with Gasteiger partial charge in [-0.1, -0.05) is 41.6 Å². The third-order valence-electron chi connectivity index (χ3n) is 7.52. The molecule has 0 bridgehead atoms. The van der Waals surface area contributed by atoms with Gasteiger partial charge in [-0.3, -0.25) is 9.59 Å². The van der Waals surface area contributed by atoms with Crippen molar-refractivity contribution in [3.05, 3.63) is 88.8 Å². The molecule has 0 atom stereocenters. The Balaban J connectivity index is 1.56. The first-order chi connectivity index (χ1) is 18.9. The van der Waals surface area contributed by atoms with Gasteiger partial charge in [0, 0.05) is 47.1 Å². The molecule has 8 heteroatoms. The molecule has 1 fully saturated rings. The van der Waals surface area contributed by atoms with Crippen LogP contribution in [0, 0.1) is 13.8 Å². The molecule has 2 amide bonds. The number of hydrogen-bond donors (Lipinski definition) is 1. The molecule has 39 heavy (non-hydrogen) atoms. The van der Waals surface area contributed by atoms with Crippen LogP contribution in [0.5, 0.6) is 0 Å². The number of hydrogen-bond acceptors (Lipinski definition) is 5. The van der Waals surface area contributed by atoms with E-state index in [1.165, 1.54) is 0 Å². The zero-order valence-electron chi connectivity index (χ0n) is 22.1. The fourth-order valence-corrected chi connectivity index (χ4v) is 5.65. The monoisotopic (exact) mass is 522 g/mol. The number of fused-ring (bicyclic) bond motifs is 3. The lowest BCUT2D eigenvalue weighted by Crippen LogP contribution is -2.41. The average molecular weight is 523 g/mol. The van der Waals surface area contributed by atoms with Gasteiger partial charge in [-0.05, 0) is 54.8 Å². The Morgan fingerprint density at radius 2 is 1.72 bits per heavy atom. The normalized spacial score (nSPS) is 13.8. The maximum absolute atomic E-state index is 13.0. The first-order valence-electron chi connectivity index (χ1n) is 13.1. The number of carbonyl (C=O) groups is 2. The molecule has 0 saturated carbocycles. The van der Waals surface area contributed by atoms with Crippen molar-refractivity contribution < 1.29 is 18.8 Å². The Morgan fingerprint density at radius 3 is 2.41 bits per heavy atom. The summed E-state index contributed by atoms with van der Waals surface area (Å²) in [5.74, 6) is 0.237. The molecule has 5 aromatic rings. The lowest BCUT2D eigenvalue weighted by molar-refractivity contribution is -0.134. The molecule has 1 aliphatic heterocycles. The summed E-state index contributed by atoms with van der Waals surface area (Å²) in [5, 5.41) is 5.79. The summed E-state index contributed by atoms with van der Waals surface area (Å²) in [6.45, 7) is 6.69. The van der Waals surface area contributed by atoms with E-state index >= 15 is 0 Å². The summed E-state index contributed by atoms with van der Waals surface area (Å²) in [6.07, 6.45) is 0.282. The molecule has 0 unspecified atom stereocenters. The van der Waals surface area contributed by atoms with Crippen LogP contribution in [-0.2, 0) is 22.5 Å². The highest BCUT2D eigenvalue weighted by Gasteiger charge is 2.23. The molecular formula is C31H30N4O4. The van der Waals surface area contributed by atoms with Gasteiger partial charge >= 0.3 is 0 Å². The summed E-state index contributed by atoms with van der Waals surface area (Å²) in [6, 6.07) is 20.2. The molecule has 2 N–H and O–H groups in total. The summed E-state index contributed by atoms with van der Waals surface area (Å²) in [5.41, 5.74) is 12.7. The van der Waals surface area contributed by atoms with Crippen molar-refractivity contribution in [2.75, 3.05) is 26.3 Å². The fourth-order valence-electron chi connectivity index (χ4n) is 5.65.